The second-order valence-electron chi connectivity index (χ2n) is 3.06. The first kappa shape index (κ1) is 10.9. The molecule has 5 heteroatoms. The fourth-order valence-corrected chi connectivity index (χ4v) is 1.95. The van der Waals surface area contributed by atoms with E-state index in [2.05, 4.69) is 4.98 Å². The van der Waals surface area contributed by atoms with Crippen LogP contribution in [-0.2, 0) is 0 Å². The van der Waals surface area contributed by atoms with Crippen molar-refractivity contribution in [2.45, 2.75) is 9.92 Å². The van der Waals surface area contributed by atoms with Crippen molar-refractivity contribution >= 4 is 17.6 Å². The molecule has 0 fully saturated rings. The molecular weight excluding hydrogens is 230 g/mol. The number of hydrogen-bond acceptors (Lipinski definition) is 3. The molecule has 0 saturated heterocycles. The van der Waals surface area contributed by atoms with Crippen LogP contribution < -0.4 is 5.73 Å². The summed E-state index contributed by atoms with van der Waals surface area (Å²) in [7, 11) is 0. The average Bonchev–Trinajstić information content (AvgIpc) is 2.27. The quantitative estimate of drug-likeness (QED) is 0.873. The van der Waals surface area contributed by atoms with E-state index in [1.807, 2.05) is 30.3 Å². The van der Waals surface area contributed by atoms with E-state index in [4.69, 9.17) is 5.73 Å². The van der Waals surface area contributed by atoms with E-state index in [9.17, 15) is 8.78 Å². The Bertz CT molecular complexity index is 503. The number of nitrogens with two attached hydrogens (primary N) is 1. The fraction of sp³-hybridized carbons (Fsp3) is 0. The fourth-order valence-electron chi connectivity index (χ4n) is 1.13. The van der Waals surface area contributed by atoms with Crippen molar-refractivity contribution in [1.29, 1.82) is 0 Å². The van der Waals surface area contributed by atoms with Crippen LogP contribution in [0.25, 0.3) is 0 Å². The molecular formula is C11H8F2N2S. The number of benzene rings is 1. The third kappa shape index (κ3) is 2.30. The van der Waals surface area contributed by atoms with Gasteiger partial charge in [0.1, 0.15) is 5.03 Å². The van der Waals surface area contributed by atoms with Crippen LogP contribution in [0, 0.1) is 11.6 Å². The minimum absolute atomic E-state index is 0.0742. The molecule has 0 aliphatic rings. The molecule has 0 atom stereocenters. The van der Waals surface area contributed by atoms with Gasteiger partial charge in [-0.1, -0.05) is 30.0 Å². The van der Waals surface area contributed by atoms with Crippen LogP contribution in [0.15, 0.2) is 46.3 Å². The van der Waals surface area contributed by atoms with E-state index in [0.717, 1.165) is 22.7 Å². The Labute approximate surface area is 95.5 Å². The molecule has 0 bridgehead atoms. The number of nitrogens with zero attached hydrogens (tertiary/aromatic N) is 1. The zero-order valence-corrected chi connectivity index (χ0v) is 8.97. The molecule has 0 aliphatic heterocycles. The highest BCUT2D eigenvalue weighted by Gasteiger charge is 2.10. The van der Waals surface area contributed by atoms with Gasteiger partial charge in [-0.15, -0.1) is 0 Å². The number of rotatable bonds is 2. The summed E-state index contributed by atoms with van der Waals surface area (Å²) >= 11 is 1.10. The summed E-state index contributed by atoms with van der Waals surface area (Å²) in [6, 6.07) is 9.87. The Hall–Kier alpha value is -1.62. The lowest BCUT2D eigenvalue weighted by atomic mass is 10.4. The third-order valence-electron chi connectivity index (χ3n) is 1.88. The second kappa shape index (κ2) is 4.49. The zero-order valence-electron chi connectivity index (χ0n) is 8.15. The summed E-state index contributed by atoms with van der Waals surface area (Å²) in [5.41, 5.74) is 5.28. The number of pyridine rings is 1. The van der Waals surface area contributed by atoms with Crippen LogP contribution in [0.4, 0.5) is 14.6 Å². The van der Waals surface area contributed by atoms with Gasteiger partial charge >= 0.3 is 0 Å². The van der Waals surface area contributed by atoms with Crippen molar-refractivity contribution in [2.75, 3.05) is 5.73 Å². The van der Waals surface area contributed by atoms with Crippen molar-refractivity contribution < 1.29 is 8.78 Å². The van der Waals surface area contributed by atoms with Gasteiger partial charge in [-0.05, 0) is 12.1 Å². The summed E-state index contributed by atoms with van der Waals surface area (Å²) in [5, 5.41) is 0.0742. The normalized spacial score (nSPS) is 10.4. The molecule has 1 aromatic carbocycles. The van der Waals surface area contributed by atoms with Crippen LogP contribution in [0.5, 0.6) is 0 Å². The molecule has 0 radical (unpaired) electrons. The monoisotopic (exact) mass is 238 g/mol. The van der Waals surface area contributed by atoms with Crippen LogP contribution in [0.1, 0.15) is 0 Å². The van der Waals surface area contributed by atoms with Gasteiger partial charge in [-0.2, -0.15) is 0 Å². The summed E-state index contributed by atoms with van der Waals surface area (Å²) in [5.74, 6) is -1.84. The van der Waals surface area contributed by atoms with Crippen molar-refractivity contribution in [3.8, 4) is 0 Å². The van der Waals surface area contributed by atoms with Crippen molar-refractivity contribution in [2.24, 2.45) is 0 Å². The largest absolute Gasteiger partial charge is 0.381 e. The minimum Gasteiger partial charge on any atom is -0.381 e. The highest BCUT2D eigenvalue weighted by molar-refractivity contribution is 7.99. The van der Waals surface area contributed by atoms with Crippen LogP contribution in [-0.4, -0.2) is 4.98 Å². The Kier molecular flexibility index (Phi) is 3.05. The molecule has 1 aromatic heterocycles. The Morgan fingerprint density at radius 2 is 1.75 bits per heavy atom. The van der Waals surface area contributed by atoms with Gasteiger partial charge in [0.25, 0.3) is 0 Å². The lowest BCUT2D eigenvalue weighted by Gasteiger charge is -2.03. The third-order valence-corrected chi connectivity index (χ3v) is 2.87. The molecule has 82 valence electrons. The Morgan fingerprint density at radius 3 is 2.44 bits per heavy atom. The van der Waals surface area contributed by atoms with Crippen LogP contribution in [0.3, 0.4) is 0 Å². The molecule has 0 aliphatic carbocycles. The van der Waals surface area contributed by atoms with Gasteiger partial charge in [-0.3, -0.25) is 0 Å². The van der Waals surface area contributed by atoms with Gasteiger partial charge in [0, 0.05) is 11.0 Å². The van der Waals surface area contributed by atoms with Crippen molar-refractivity contribution in [3.05, 3.63) is 48.0 Å². The zero-order chi connectivity index (χ0) is 11.5. The van der Waals surface area contributed by atoms with Gasteiger partial charge in [-0.25, -0.2) is 13.8 Å². The number of hydrogen-bond donors (Lipinski definition) is 1. The Morgan fingerprint density at radius 1 is 1.06 bits per heavy atom. The molecule has 1 heterocycles. The van der Waals surface area contributed by atoms with E-state index in [1.54, 1.807) is 0 Å². The summed E-state index contributed by atoms with van der Waals surface area (Å²) in [6.07, 6.45) is 0. The van der Waals surface area contributed by atoms with E-state index in [0.29, 0.717) is 0 Å². The molecule has 2 aromatic rings. The standard InChI is InChI=1S/C11H8F2N2S/c12-8-6-9(13)11(15-10(8)14)16-7-4-2-1-3-5-7/h1-6H,(H2,14,15). The van der Waals surface area contributed by atoms with Gasteiger partial charge in [0.2, 0.25) is 0 Å². The second-order valence-corrected chi connectivity index (χ2v) is 4.12. The number of aromatic nitrogens is 1. The maximum Gasteiger partial charge on any atom is 0.168 e. The average molecular weight is 238 g/mol. The van der Waals surface area contributed by atoms with Crippen molar-refractivity contribution in [1.82, 2.24) is 4.98 Å². The predicted octanol–water partition coefficient (Wildman–Crippen LogP) is 3.09. The molecule has 0 saturated carbocycles. The first-order chi connectivity index (χ1) is 7.66. The molecule has 2 nitrogen and oxygen atoms in total. The van der Waals surface area contributed by atoms with E-state index in [-0.39, 0.29) is 10.8 Å². The highest BCUT2D eigenvalue weighted by Crippen LogP contribution is 2.29. The van der Waals surface area contributed by atoms with E-state index in [1.165, 1.54) is 0 Å². The number of nitrogen functional groups attached to an aromatic ring is 1. The van der Waals surface area contributed by atoms with Gasteiger partial charge in [0.05, 0.1) is 0 Å². The Balaban J connectivity index is 2.32. The van der Waals surface area contributed by atoms with Crippen LogP contribution in [0.2, 0.25) is 0 Å². The topological polar surface area (TPSA) is 38.9 Å². The summed E-state index contributed by atoms with van der Waals surface area (Å²) in [4.78, 5) is 4.48. The first-order valence-electron chi connectivity index (χ1n) is 4.51. The lowest BCUT2D eigenvalue weighted by molar-refractivity contribution is 0.552. The lowest BCUT2D eigenvalue weighted by Crippen LogP contribution is -1.98. The smallest absolute Gasteiger partial charge is 0.168 e. The molecule has 0 spiro atoms. The molecule has 2 N–H and O–H groups in total. The predicted molar refractivity (Wildman–Crippen MR) is 59.1 cm³/mol. The molecule has 0 unspecified atom stereocenters. The number of halogens is 2. The van der Waals surface area contributed by atoms with Gasteiger partial charge in [0.15, 0.2) is 17.5 Å². The van der Waals surface area contributed by atoms with Crippen LogP contribution >= 0.6 is 11.8 Å². The summed E-state index contributed by atoms with van der Waals surface area (Å²) in [6.45, 7) is 0. The highest BCUT2D eigenvalue weighted by atomic mass is 32.2. The van der Waals surface area contributed by atoms with E-state index >= 15 is 0 Å². The SMILES string of the molecule is Nc1nc(Sc2ccccc2)c(F)cc1F. The maximum atomic E-state index is 13.3. The maximum absolute atomic E-state index is 13.3. The minimum atomic E-state index is -0.838. The van der Waals surface area contributed by atoms with Gasteiger partial charge < -0.3 is 5.73 Å². The van der Waals surface area contributed by atoms with Crippen molar-refractivity contribution in [3.63, 3.8) is 0 Å². The summed E-state index contributed by atoms with van der Waals surface area (Å²) < 4.78 is 26.2. The molecule has 2 rings (SSSR count). The molecule has 16 heavy (non-hydrogen) atoms. The molecule has 0 amide bonds. The van der Waals surface area contributed by atoms with E-state index < -0.39 is 11.6 Å². The number of anilines is 1. The first-order valence-corrected chi connectivity index (χ1v) is 5.33.